The van der Waals surface area contributed by atoms with Crippen molar-refractivity contribution in [2.24, 2.45) is 10.7 Å². The van der Waals surface area contributed by atoms with Crippen molar-refractivity contribution in [3.8, 4) is 0 Å². The Morgan fingerprint density at radius 2 is 2.12 bits per heavy atom. The minimum Gasteiger partial charge on any atom is -0.392 e. The maximum atomic E-state index is 14.7. The van der Waals surface area contributed by atoms with Crippen LogP contribution in [0.2, 0.25) is 0 Å². The zero-order valence-corrected chi connectivity index (χ0v) is 15.8. The molecule has 1 aromatic heterocycles. The molecule has 0 spiro atoms. The number of halogens is 1. The van der Waals surface area contributed by atoms with E-state index in [0.717, 1.165) is 33.8 Å². The summed E-state index contributed by atoms with van der Waals surface area (Å²) < 4.78 is 14.7. The summed E-state index contributed by atoms with van der Waals surface area (Å²) in [6.07, 6.45) is 5.37. The zero-order chi connectivity index (χ0) is 19.3. The van der Waals surface area contributed by atoms with Crippen molar-refractivity contribution in [1.82, 2.24) is 4.98 Å². The summed E-state index contributed by atoms with van der Waals surface area (Å²) in [5.74, 6) is 0.0724. The molecule has 1 aromatic carbocycles. The van der Waals surface area contributed by atoms with Gasteiger partial charge < -0.3 is 10.8 Å². The van der Waals surface area contributed by atoms with Crippen LogP contribution in [0.15, 0.2) is 47.5 Å². The number of rotatable bonds is 6. The number of fused-ring (bicyclic) bond motifs is 1. The van der Waals surface area contributed by atoms with Crippen molar-refractivity contribution in [2.45, 2.75) is 46.6 Å². The summed E-state index contributed by atoms with van der Waals surface area (Å²) in [6, 6.07) is 5.67. The van der Waals surface area contributed by atoms with Gasteiger partial charge in [-0.25, -0.2) is 9.38 Å². The predicted molar refractivity (Wildman–Crippen MR) is 107 cm³/mol. The lowest BCUT2D eigenvalue weighted by Gasteiger charge is -2.15. The van der Waals surface area contributed by atoms with Crippen molar-refractivity contribution in [3.05, 3.63) is 59.2 Å². The third kappa shape index (κ3) is 4.35. The van der Waals surface area contributed by atoms with Crippen LogP contribution in [-0.4, -0.2) is 15.9 Å². The van der Waals surface area contributed by atoms with Gasteiger partial charge in [-0.1, -0.05) is 32.9 Å². The minimum atomic E-state index is -0.437. The topological polar surface area (TPSA) is 71.5 Å². The fourth-order valence-electron chi connectivity index (χ4n) is 3.02. The minimum absolute atomic E-state index is 0.0723. The third-order valence-electron chi connectivity index (χ3n) is 4.10. The van der Waals surface area contributed by atoms with Gasteiger partial charge in [-0.05, 0) is 48.1 Å². The Morgan fingerprint density at radius 1 is 1.38 bits per heavy atom. The average Bonchev–Trinajstić information content (AvgIpc) is 2.62. The van der Waals surface area contributed by atoms with Gasteiger partial charge in [0.15, 0.2) is 0 Å². The van der Waals surface area contributed by atoms with Gasteiger partial charge in [0.25, 0.3) is 0 Å². The van der Waals surface area contributed by atoms with Gasteiger partial charge in [-0.3, -0.25) is 4.98 Å². The molecule has 4 nitrogen and oxygen atoms in total. The molecule has 0 aliphatic carbocycles. The second kappa shape index (κ2) is 8.72. The largest absolute Gasteiger partial charge is 0.392 e. The standard InChI is InChI=1S/C21H26FN3O/c1-5-6-17(19(22)11-24-14(4)23)15-7-8-20-18(9-15)21(13(2)3)16(12-26)10-25-20/h6-11,13,26H,5,12H2,1-4H3,(H2,23,24)/b17-6+,19-11+. The van der Waals surface area contributed by atoms with Gasteiger partial charge in [-0.15, -0.1) is 0 Å². The molecule has 2 aromatic rings. The molecule has 0 amide bonds. The summed E-state index contributed by atoms with van der Waals surface area (Å²) in [5.41, 5.74) is 9.38. The molecule has 0 fully saturated rings. The summed E-state index contributed by atoms with van der Waals surface area (Å²) in [4.78, 5) is 8.28. The predicted octanol–water partition coefficient (Wildman–Crippen LogP) is 4.83. The van der Waals surface area contributed by atoms with Crippen LogP contribution < -0.4 is 5.73 Å². The van der Waals surface area contributed by atoms with Crippen LogP contribution in [0.4, 0.5) is 4.39 Å². The van der Waals surface area contributed by atoms with E-state index in [4.69, 9.17) is 5.73 Å². The zero-order valence-electron chi connectivity index (χ0n) is 15.8. The van der Waals surface area contributed by atoms with Crippen LogP contribution >= 0.6 is 0 Å². The van der Waals surface area contributed by atoms with Crippen LogP contribution in [0.25, 0.3) is 16.5 Å². The highest BCUT2D eigenvalue weighted by Crippen LogP contribution is 2.32. The first kappa shape index (κ1) is 19.8. The molecule has 5 heteroatoms. The molecule has 1 heterocycles. The number of hydrogen-bond donors (Lipinski definition) is 2. The van der Waals surface area contributed by atoms with E-state index in [1.54, 1.807) is 13.1 Å². The average molecular weight is 355 g/mol. The van der Waals surface area contributed by atoms with Gasteiger partial charge in [0.1, 0.15) is 5.83 Å². The number of aromatic nitrogens is 1. The van der Waals surface area contributed by atoms with E-state index in [1.165, 1.54) is 0 Å². The number of allylic oxidation sites excluding steroid dienone is 3. The first-order valence-corrected chi connectivity index (χ1v) is 8.77. The summed E-state index contributed by atoms with van der Waals surface area (Å²) >= 11 is 0. The highest BCUT2D eigenvalue weighted by atomic mass is 19.1. The van der Waals surface area contributed by atoms with E-state index >= 15 is 0 Å². The molecule has 138 valence electrons. The first-order valence-electron chi connectivity index (χ1n) is 8.77. The highest BCUT2D eigenvalue weighted by Gasteiger charge is 2.14. The van der Waals surface area contributed by atoms with E-state index in [0.29, 0.717) is 17.8 Å². The smallest absolute Gasteiger partial charge is 0.148 e. The van der Waals surface area contributed by atoms with Gasteiger partial charge in [0.2, 0.25) is 0 Å². The monoisotopic (exact) mass is 355 g/mol. The SMILES string of the molecule is CC/C=C(/C(F)=C\N=C(C)N)c1ccc2ncc(CO)c(C(C)C)c2c1. The maximum Gasteiger partial charge on any atom is 0.148 e. The molecule has 0 bridgehead atoms. The van der Waals surface area contributed by atoms with Crippen molar-refractivity contribution in [1.29, 1.82) is 0 Å². The Hall–Kier alpha value is -2.53. The van der Waals surface area contributed by atoms with Gasteiger partial charge in [0, 0.05) is 17.2 Å². The molecule has 0 aliphatic rings. The number of pyridine rings is 1. The second-order valence-electron chi connectivity index (χ2n) is 6.52. The lowest BCUT2D eigenvalue weighted by atomic mass is 9.92. The van der Waals surface area contributed by atoms with E-state index in [9.17, 15) is 9.50 Å². The van der Waals surface area contributed by atoms with Crippen LogP contribution in [0.3, 0.4) is 0 Å². The Bertz CT molecular complexity index is 878. The number of hydrogen-bond acceptors (Lipinski definition) is 3. The van der Waals surface area contributed by atoms with E-state index in [2.05, 4.69) is 23.8 Å². The number of nitrogens with zero attached hydrogens (tertiary/aromatic N) is 2. The van der Waals surface area contributed by atoms with Crippen molar-refractivity contribution < 1.29 is 9.50 Å². The number of aliphatic hydroxyl groups excluding tert-OH is 1. The normalized spacial score (nSPS) is 13.7. The molecule has 26 heavy (non-hydrogen) atoms. The summed E-state index contributed by atoms with van der Waals surface area (Å²) in [6.45, 7) is 7.64. The Labute approximate surface area is 154 Å². The maximum absolute atomic E-state index is 14.7. The Morgan fingerprint density at radius 3 is 2.69 bits per heavy atom. The van der Waals surface area contributed by atoms with Gasteiger partial charge in [-0.2, -0.15) is 0 Å². The molecule has 0 saturated carbocycles. The lowest BCUT2D eigenvalue weighted by Crippen LogP contribution is -2.03. The Kier molecular flexibility index (Phi) is 6.64. The van der Waals surface area contributed by atoms with E-state index in [1.807, 2.05) is 31.2 Å². The van der Waals surface area contributed by atoms with Crippen molar-refractivity contribution in [2.75, 3.05) is 0 Å². The molecule has 0 aliphatic heterocycles. The van der Waals surface area contributed by atoms with E-state index < -0.39 is 5.83 Å². The van der Waals surface area contributed by atoms with E-state index in [-0.39, 0.29) is 12.5 Å². The number of aliphatic imine (C=N–C) groups is 1. The summed E-state index contributed by atoms with van der Waals surface area (Å²) in [7, 11) is 0. The van der Waals surface area contributed by atoms with Crippen LogP contribution in [0, 0.1) is 0 Å². The molecule has 0 atom stereocenters. The number of nitrogens with two attached hydrogens (primary N) is 1. The number of amidine groups is 1. The summed E-state index contributed by atoms with van der Waals surface area (Å²) in [5, 5.41) is 10.6. The molecule has 0 saturated heterocycles. The van der Waals surface area contributed by atoms with Crippen molar-refractivity contribution in [3.63, 3.8) is 0 Å². The molecule has 0 radical (unpaired) electrons. The fourth-order valence-corrected chi connectivity index (χ4v) is 3.02. The van der Waals surface area contributed by atoms with Crippen LogP contribution in [0.1, 0.15) is 56.7 Å². The molecule has 2 rings (SSSR count). The number of benzene rings is 1. The second-order valence-corrected chi connectivity index (χ2v) is 6.52. The van der Waals surface area contributed by atoms with Crippen LogP contribution in [-0.2, 0) is 6.61 Å². The quantitative estimate of drug-likeness (QED) is 0.443. The van der Waals surface area contributed by atoms with Crippen molar-refractivity contribution >= 4 is 22.3 Å². The molecular weight excluding hydrogens is 329 g/mol. The Balaban J connectivity index is 2.68. The third-order valence-corrected chi connectivity index (χ3v) is 4.10. The van der Waals surface area contributed by atoms with Gasteiger partial charge in [0.05, 0.1) is 24.2 Å². The molecular formula is C21H26FN3O. The molecule has 0 unspecified atom stereocenters. The first-order chi connectivity index (χ1) is 12.4. The molecule has 3 N–H and O–H groups in total. The number of aliphatic hydroxyl groups is 1. The lowest BCUT2D eigenvalue weighted by molar-refractivity contribution is 0.280. The highest BCUT2D eigenvalue weighted by molar-refractivity contribution is 5.89. The van der Waals surface area contributed by atoms with Gasteiger partial charge >= 0.3 is 0 Å². The fraction of sp³-hybridized carbons (Fsp3) is 0.333. The van der Waals surface area contributed by atoms with Crippen LogP contribution in [0.5, 0.6) is 0 Å².